The van der Waals surface area contributed by atoms with Crippen molar-refractivity contribution < 1.29 is 58.4 Å². The van der Waals surface area contributed by atoms with Crippen LogP contribution in [0.3, 0.4) is 0 Å². The molecular formula is C23H28F6O7S. The number of carbonyl (C=O) groups is 2. The fourth-order valence-electron chi connectivity index (χ4n) is 8.37. The third-order valence-electron chi connectivity index (χ3n) is 9.34. The summed E-state index contributed by atoms with van der Waals surface area (Å²) in [4.78, 5) is 26.4. The van der Waals surface area contributed by atoms with Crippen molar-refractivity contribution in [1.82, 2.24) is 0 Å². The fraction of sp³-hybridized carbons (Fsp3) is 0.913. The molecule has 0 amide bonds. The maximum Gasteiger partial charge on any atom is 0.438 e. The minimum absolute atomic E-state index is 0.240. The van der Waals surface area contributed by atoms with Gasteiger partial charge in [-0.15, -0.1) is 0 Å². The Labute approximate surface area is 209 Å². The van der Waals surface area contributed by atoms with E-state index in [9.17, 15) is 44.3 Å². The van der Waals surface area contributed by atoms with Crippen LogP contribution in [0.25, 0.3) is 0 Å². The lowest BCUT2D eigenvalue weighted by atomic mass is 9.54. The summed E-state index contributed by atoms with van der Waals surface area (Å²) in [5.74, 6) is -8.57. The van der Waals surface area contributed by atoms with E-state index in [1.807, 2.05) is 0 Å². The smallest absolute Gasteiger partial charge is 0.438 e. The van der Waals surface area contributed by atoms with E-state index >= 15 is 0 Å². The summed E-state index contributed by atoms with van der Waals surface area (Å²) in [5.41, 5.74) is -6.21. The lowest BCUT2D eigenvalue weighted by molar-refractivity contribution is -0.362. The quantitative estimate of drug-likeness (QED) is 0.290. The second kappa shape index (κ2) is 8.46. The molecule has 6 aliphatic rings. The summed E-state index contributed by atoms with van der Waals surface area (Å²) in [6, 6.07) is 0. The normalized spacial score (nSPS) is 39.2. The van der Waals surface area contributed by atoms with Crippen LogP contribution in [0.4, 0.5) is 26.3 Å². The SMILES string of the molecule is O=C(OC12CC3CC(CC(C3)C1)C2)C1C2CCC(C2)C1C(=O)OC(CS(=O)(=O)O)(C(F)(F)F)C(F)(F)F. The number of esters is 2. The molecule has 7 nitrogen and oxygen atoms in total. The Morgan fingerprint density at radius 2 is 1.22 bits per heavy atom. The monoisotopic (exact) mass is 562 g/mol. The zero-order valence-electron chi connectivity index (χ0n) is 19.7. The van der Waals surface area contributed by atoms with E-state index in [2.05, 4.69) is 4.74 Å². The number of ether oxygens (including phenoxy) is 2. The molecule has 14 heteroatoms. The molecule has 0 saturated heterocycles. The van der Waals surface area contributed by atoms with Gasteiger partial charge in [0.25, 0.3) is 10.1 Å². The maximum absolute atomic E-state index is 13.7. The number of alkyl halides is 6. The van der Waals surface area contributed by atoms with Gasteiger partial charge in [-0.25, -0.2) is 0 Å². The molecule has 6 fully saturated rings. The van der Waals surface area contributed by atoms with E-state index in [1.54, 1.807) is 0 Å². The minimum Gasteiger partial charge on any atom is -0.459 e. The molecule has 6 aliphatic carbocycles. The maximum atomic E-state index is 13.7. The van der Waals surface area contributed by atoms with Crippen LogP contribution in [-0.4, -0.2) is 54.2 Å². The highest BCUT2D eigenvalue weighted by molar-refractivity contribution is 7.85. The molecule has 4 unspecified atom stereocenters. The predicted molar refractivity (Wildman–Crippen MR) is 112 cm³/mol. The van der Waals surface area contributed by atoms with Crippen LogP contribution in [0.2, 0.25) is 0 Å². The van der Waals surface area contributed by atoms with Crippen LogP contribution in [0.15, 0.2) is 0 Å². The molecule has 0 spiro atoms. The van der Waals surface area contributed by atoms with Crippen molar-refractivity contribution in [3.05, 3.63) is 0 Å². The molecule has 0 aromatic heterocycles. The van der Waals surface area contributed by atoms with E-state index in [-0.39, 0.29) is 6.42 Å². The molecule has 0 aliphatic heterocycles. The Kier molecular flexibility index (Phi) is 6.18. The lowest BCUT2D eigenvalue weighted by Gasteiger charge is -2.56. The first kappa shape index (κ1) is 27.0. The molecule has 6 rings (SSSR count). The van der Waals surface area contributed by atoms with Crippen LogP contribution >= 0.6 is 0 Å². The minimum atomic E-state index is -6.41. The summed E-state index contributed by atoms with van der Waals surface area (Å²) in [7, 11) is -5.90. The molecule has 6 saturated carbocycles. The van der Waals surface area contributed by atoms with Gasteiger partial charge in [-0.1, -0.05) is 0 Å². The number of halogens is 6. The molecule has 210 valence electrons. The topological polar surface area (TPSA) is 107 Å². The zero-order chi connectivity index (χ0) is 27.2. The summed E-state index contributed by atoms with van der Waals surface area (Å²) < 4.78 is 124. The highest BCUT2D eigenvalue weighted by Crippen LogP contribution is 2.59. The lowest BCUT2D eigenvalue weighted by Crippen LogP contribution is -2.64. The second-order valence-corrected chi connectivity index (χ2v) is 13.3. The van der Waals surface area contributed by atoms with Gasteiger partial charge in [0.15, 0.2) is 0 Å². The van der Waals surface area contributed by atoms with Crippen molar-refractivity contribution in [2.75, 3.05) is 5.75 Å². The molecule has 1 N–H and O–H groups in total. The molecular weight excluding hydrogens is 534 g/mol. The van der Waals surface area contributed by atoms with Gasteiger partial charge >= 0.3 is 29.9 Å². The van der Waals surface area contributed by atoms with Gasteiger partial charge < -0.3 is 9.47 Å². The van der Waals surface area contributed by atoms with E-state index in [0.717, 1.165) is 19.3 Å². The average Bonchev–Trinajstić information content (AvgIpc) is 3.30. The van der Waals surface area contributed by atoms with Crippen LogP contribution < -0.4 is 0 Å². The second-order valence-electron chi connectivity index (χ2n) is 11.9. The highest BCUT2D eigenvalue weighted by atomic mass is 32.2. The van der Waals surface area contributed by atoms with Gasteiger partial charge in [-0.05, 0) is 87.4 Å². The Morgan fingerprint density at radius 1 is 0.784 bits per heavy atom. The summed E-state index contributed by atoms with van der Waals surface area (Å²) in [6.45, 7) is 0. The highest BCUT2D eigenvalue weighted by Gasteiger charge is 2.76. The van der Waals surface area contributed by atoms with Crippen LogP contribution in [0.5, 0.6) is 0 Å². The van der Waals surface area contributed by atoms with Crippen molar-refractivity contribution in [3.63, 3.8) is 0 Å². The Bertz CT molecular complexity index is 1020. The first-order valence-corrected chi connectivity index (χ1v) is 14.1. The number of hydrogen-bond acceptors (Lipinski definition) is 6. The van der Waals surface area contributed by atoms with E-state index in [0.29, 0.717) is 49.9 Å². The van der Waals surface area contributed by atoms with Crippen molar-refractivity contribution in [1.29, 1.82) is 0 Å². The number of hydrogen-bond donors (Lipinski definition) is 1. The van der Waals surface area contributed by atoms with E-state index < -0.39 is 75.0 Å². The molecule has 4 atom stereocenters. The van der Waals surface area contributed by atoms with Crippen molar-refractivity contribution in [2.45, 2.75) is 81.3 Å². The van der Waals surface area contributed by atoms with Gasteiger partial charge in [0, 0.05) is 0 Å². The van der Waals surface area contributed by atoms with Crippen molar-refractivity contribution in [2.24, 2.45) is 41.4 Å². The van der Waals surface area contributed by atoms with E-state index in [1.165, 1.54) is 0 Å². The molecule has 0 aromatic rings. The standard InChI is InChI=1S/C23H28F6O7S/c24-22(25,26)21(23(27,28)29,10-37(32,33)34)36-19(31)17-15-2-1-14(6-15)16(17)18(30)35-20-7-11-3-12(8-20)5-13(4-11)9-20/h11-17H,1-10H2,(H,32,33,34). The molecule has 0 radical (unpaired) electrons. The van der Waals surface area contributed by atoms with Gasteiger partial charge in [-0.3, -0.25) is 14.1 Å². The van der Waals surface area contributed by atoms with Gasteiger partial charge in [0.05, 0.1) is 11.8 Å². The molecule has 0 heterocycles. The number of rotatable bonds is 6. The molecule has 6 bridgehead atoms. The van der Waals surface area contributed by atoms with E-state index in [4.69, 9.17) is 9.29 Å². The summed E-state index contributed by atoms with van der Waals surface area (Å²) >= 11 is 0. The van der Waals surface area contributed by atoms with Gasteiger partial charge in [-0.2, -0.15) is 34.8 Å². The first-order valence-electron chi connectivity index (χ1n) is 12.5. The largest absolute Gasteiger partial charge is 0.459 e. The fourth-order valence-corrected chi connectivity index (χ4v) is 9.27. The summed E-state index contributed by atoms with van der Waals surface area (Å²) in [6.07, 6.45) is -6.73. The molecule has 0 aromatic carbocycles. The summed E-state index contributed by atoms with van der Waals surface area (Å²) in [5, 5.41) is 0. The zero-order valence-corrected chi connectivity index (χ0v) is 20.5. The molecule has 37 heavy (non-hydrogen) atoms. The Hall–Kier alpha value is -1.57. The van der Waals surface area contributed by atoms with Gasteiger partial charge in [0.2, 0.25) is 0 Å². The average molecular weight is 563 g/mol. The van der Waals surface area contributed by atoms with Crippen LogP contribution in [0.1, 0.15) is 57.8 Å². The van der Waals surface area contributed by atoms with Crippen molar-refractivity contribution in [3.8, 4) is 0 Å². The predicted octanol–water partition coefficient (Wildman–Crippen LogP) is 4.46. The number of carbonyl (C=O) groups excluding carboxylic acids is 2. The van der Waals surface area contributed by atoms with Crippen molar-refractivity contribution >= 4 is 22.1 Å². The first-order chi connectivity index (χ1) is 16.9. The van der Waals surface area contributed by atoms with Crippen LogP contribution in [0, 0.1) is 41.4 Å². The van der Waals surface area contributed by atoms with Gasteiger partial charge in [0.1, 0.15) is 11.4 Å². The third kappa shape index (κ3) is 4.63. The Morgan fingerprint density at radius 3 is 1.62 bits per heavy atom. The third-order valence-corrected chi connectivity index (χ3v) is 10.1. The number of fused-ring (bicyclic) bond motifs is 2. The van der Waals surface area contributed by atoms with Crippen LogP contribution in [-0.2, 0) is 29.2 Å². The Balaban J connectivity index is 1.41.